The Labute approximate surface area is 216 Å². The Kier molecular flexibility index (Phi) is 6.02. The molecule has 2 N–H and O–H groups in total. The molecular formula is C29H33FN4O3. The molecule has 2 aliphatic heterocycles. The number of benzene rings is 2. The molecular weight excluding hydrogens is 471 g/mol. The molecule has 2 saturated heterocycles. The molecule has 194 valence electrons. The quantitative estimate of drug-likeness (QED) is 0.541. The van der Waals surface area contributed by atoms with E-state index in [0.29, 0.717) is 24.9 Å². The smallest absolute Gasteiger partial charge is 0.243 e. The lowest BCUT2D eigenvalue weighted by molar-refractivity contribution is -0.147. The molecule has 0 aromatic heterocycles. The molecule has 37 heavy (non-hydrogen) atoms. The molecule has 0 bridgehead atoms. The van der Waals surface area contributed by atoms with E-state index >= 15 is 0 Å². The average Bonchev–Trinajstić information content (AvgIpc) is 3.61. The third-order valence-electron chi connectivity index (χ3n) is 8.68. The Morgan fingerprint density at radius 2 is 1.95 bits per heavy atom. The first-order chi connectivity index (χ1) is 17.8. The van der Waals surface area contributed by atoms with E-state index in [0.717, 1.165) is 54.7 Å². The first-order valence-corrected chi connectivity index (χ1v) is 13.3. The lowest BCUT2D eigenvalue weighted by Gasteiger charge is -2.31. The SMILES string of the molecule is CC(C1CC1)N(Cc1ccc(F)cc1)C(=O)CN1C(=O)CC2(CCc3cc(NC4CNC4)ccc32)C1=O. The predicted molar refractivity (Wildman–Crippen MR) is 137 cm³/mol. The van der Waals surface area contributed by atoms with E-state index in [4.69, 9.17) is 0 Å². The van der Waals surface area contributed by atoms with E-state index in [2.05, 4.69) is 16.7 Å². The van der Waals surface area contributed by atoms with E-state index in [1.54, 1.807) is 17.0 Å². The van der Waals surface area contributed by atoms with Crippen molar-refractivity contribution in [2.45, 2.75) is 63.1 Å². The van der Waals surface area contributed by atoms with Crippen molar-refractivity contribution < 1.29 is 18.8 Å². The number of hydrogen-bond acceptors (Lipinski definition) is 5. The fourth-order valence-corrected chi connectivity index (χ4v) is 6.14. The maximum atomic E-state index is 13.8. The second kappa shape index (κ2) is 9.24. The van der Waals surface area contributed by atoms with Crippen molar-refractivity contribution in [1.82, 2.24) is 15.1 Å². The van der Waals surface area contributed by atoms with Gasteiger partial charge in [0.1, 0.15) is 12.4 Å². The molecule has 0 radical (unpaired) electrons. The van der Waals surface area contributed by atoms with Crippen molar-refractivity contribution in [3.8, 4) is 0 Å². The molecule has 2 aliphatic carbocycles. The van der Waals surface area contributed by atoms with E-state index in [1.807, 2.05) is 19.1 Å². The van der Waals surface area contributed by atoms with Gasteiger partial charge in [-0.05, 0) is 79.5 Å². The Morgan fingerprint density at radius 1 is 1.19 bits per heavy atom. The van der Waals surface area contributed by atoms with Gasteiger partial charge in [-0.25, -0.2) is 4.39 Å². The number of imide groups is 1. The number of anilines is 1. The van der Waals surface area contributed by atoms with Crippen LogP contribution in [0.15, 0.2) is 42.5 Å². The monoisotopic (exact) mass is 504 g/mol. The zero-order valence-electron chi connectivity index (χ0n) is 21.1. The van der Waals surface area contributed by atoms with Crippen LogP contribution in [0.5, 0.6) is 0 Å². The molecule has 7 nitrogen and oxygen atoms in total. The van der Waals surface area contributed by atoms with Gasteiger partial charge in [0.2, 0.25) is 17.7 Å². The topological polar surface area (TPSA) is 81.8 Å². The van der Waals surface area contributed by atoms with Crippen LogP contribution < -0.4 is 10.6 Å². The average molecular weight is 505 g/mol. The van der Waals surface area contributed by atoms with Crippen LogP contribution in [-0.2, 0) is 32.8 Å². The van der Waals surface area contributed by atoms with E-state index in [1.165, 1.54) is 17.0 Å². The fourth-order valence-electron chi connectivity index (χ4n) is 6.14. The van der Waals surface area contributed by atoms with Gasteiger partial charge >= 0.3 is 0 Å². The van der Waals surface area contributed by atoms with E-state index in [9.17, 15) is 18.8 Å². The van der Waals surface area contributed by atoms with Crippen LogP contribution in [0.3, 0.4) is 0 Å². The van der Waals surface area contributed by atoms with Gasteiger partial charge in [0, 0.05) is 37.8 Å². The molecule has 1 saturated carbocycles. The molecule has 2 heterocycles. The summed E-state index contributed by atoms with van der Waals surface area (Å²) in [6.45, 7) is 3.98. The third kappa shape index (κ3) is 4.41. The van der Waals surface area contributed by atoms with Crippen molar-refractivity contribution in [1.29, 1.82) is 0 Å². The highest BCUT2D eigenvalue weighted by molar-refractivity contribution is 6.11. The number of amides is 3. The summed E-state index contributed by atoms with van der Waals surface area (Å²) in [5.41, 5.74) is 3.02. The zero-order chi connectivity index (χ0) is 25.7. The van der Waals surface area contributed by atoms with Crippen molar-refractivity contribution in [2.24, 2.45) is 5.92 Å². The van der Waals surface area contributed by atoms with Crippen LogP contribution in [0.2, 0.25) is 0 Å². The van der Waals surface area contributed by atoms with Crippen LogP contribution in [0.4, 0.5) is 10.1 Å². The zero-order valence-corrected chi connectivity index (χ0v) is 21.1. The number of hydrogen-bond donors (Lipinski definition) is 2. The van der Waals surface area contributed by atoms with Crippen molar-refractivity contribution in [3.63, 3.8) is 0 Å². The van der Waals surface area contributed by atoms with Crippen LogP contribution in [0.25, 0.3) is 0 Å². The number of rotatable bonds is 8. The Hall–Kier alpha value is -3.26. The second-order valence-corrected chi connectivity index (χ2v) is 11.1. The molecule has 6 rings (SSSR count). The molecule has 3 amide bonds. The van der Waals surface area contributed by atoms with E-state index in [-0.39, 0.29) is 42.5 Å². The molecule has 3 fully saturated rings. The highest BCUT2D eigenvalue weighted by Crippen LogP contribution is 2.47. The maximum Gasteiger partial charge on any atom is 0.243 e. The lowest BCUT2D eigenvalue weighted by Crippen LogP contribution is -2.51. The second-order valence-electron chi connectivity index (χ2n) is 11.1. The number of likely N-dealkylation sites (tertiary alicyclic amines) is 1. The number of aryl methyl sites for hydroxylation is 1. The number of fused-ring (bicyclic) bond motifs is 2. The normalized spacial score (nSPS) is 23.8. The molecule has 8 heteroatoms. The molecule has 2 aromatic rings. The summed E-state index contributed by atoms with van der Waals surface area (Å²) < 4.78 is 13.4. The van der Waals surface area contributed by atoms with Gasteiger partial charge in [-0.1, -0.05) is 18.2 Å². The molecule has 2 aromatic carbocycles. The minimum atomic E-state index is -0.868. The minimum Gasteiger partial charge on any atom is -0.380 e. The van der Waals surface area contributed by atoms with Gasteiger partial charge in [0.05, 0.1) is 11.5 Å². The minimum absolute atomic E-state index is 0.0108. The first kappa shape index (κ1) is 24.1. The summed E-state index contributed by atoms with van der Waals surface area (Å²) >= 11 is 0. The first-order valence-electron chi connectivity index (χ1n) is 13.3. The van der Waals surface area contributed by atoms with Gasteiger partial charge in [0.15, 0.2) is 0 Å². The van der Waals surface area contributed by atoms with Gasteiger partial charge in [-0.15, -0.1) is 0 Å². The van der Waals surface area contributed by atoms with Crippen molar-refractivity contribution in [2.75, 3.05) is 25.0 Å². The molecule has 1 spiro atoms. The number of nitrogens with one attached hydrogen (secondary N) is 2. The number of carbonyl (C=O) groups is 3. The van der Waals surface area contributed by atoms with Crippen LogP contribution in [0, 0.1) is 11.7 Å². The number of halogens is 1. The number of nitrogens with zero attached hydrogens (tertiary/aromatic N) is 2. The predicted octanol–water partition coefficient (Wildman–Crippen LogP) is 2.98. The largest absolute Gasteiger partial charge is 0.380 e. The Bertz CT molecular complexity index is 1240. The molecule has 2 atom stereocenters. The van der Waals surface area contributed by atoms with Gasteiger partial charge in [0.25, 0.3) is 0 Å². The maximum absolute atomic E-state index is 13.8. The molecule has 4 aliphatic rings. The van der Waals surface area contributed by atoms with Crippen molar-refractivity contribution >= 4 is 23.4 Å². The van der Waals surface area contributed by atoms with Gasteiger partial charge in [-0.2, -0.15) is 0 Å². The van der Waals surface area contributed by atoms with Gasteiger partial charge in [-0.3, -0.25) is 19.3 Å². The standard InChI is InChI=1S/C29H33FN4O3/c1-18(20-4-5-20)33(16-19-2-6-22(30)7-3-19)27(36)17-34-26(35)13-29(28(34)37)11-10-21-12-23(8-9-25(21)29)32-24-14-31-15-24/h2-3,6-9,12,18,20,24,31-32H,4-5,10-11,13-17H2,1H3. The van der Waals surface area contributed by atoms with E-state index < -0.39 is 5.41 Å². The summed E-state index contributed by atoms with van der Waals surface area (Å²) in [4.78, 5) is 43.4. The van der Waals surface area contributed by atoms with Crippen LogP contribution in [-0.4, -0.2) is 59.2 Å². The summed E-state index contributed by atoms with van der Waals surface area (Å²) in [7, 11) is 0. The van der Waals surface area contributed by atoms with Gasteiger partial charge < -0.3 is 15.5 Å². The van der Waals surface area contributed by atoms with Crippen molar-refractivity contribution in [3.05, 3.63) is 65.0 Å². The van der Waals surface area contributed by atoms with Crippen LogP contribution >= 0.6 is 0 Å². The summed E-state index contributed by atoms with van der Waals surface area (Å²) in [5.74, 6) is -0.686. The lowest BCUT2D eigenvalue weighted by atomic mass is 9.80. The highest BCUT2D eigenvalue weighted by atomic mass is 19.1. The highest BCUT2D eigenvalue weighted by Gasteiger charge is 2.56. The summed E-state index contributed by atoms with van der Waals surface area (Å²) in [6.07, 6.45) is 3.56. The Morgan fingerprint density at radius 3 is 2.62 bits per heavy atom. The molecule has 2 unspecified atom stereocenters. The number of carbonyl (C=O) groups excluding carboxylic acids is 3. The summed E-state index contributed by atoms with van der Waals surface area (Å²) in [5, 5.41) is 6.75. The van der Waals surface area contributed by atoms with Crippen LogP contribution in [0.1, 0.15) is 49.3 Å². The third-order valence-corrected chi connectivity index (χ3v) is 8.68. The summed E-state index contributed by atoms with van der Waals surface area (Å²) in [6, 6.07) is 12.6. The Balaban J connectivity index is 1.19. The fraction of sp³-hybridized carbons (Fsp3) is 0.483.